The van der Waals surface area contributed by atoms with Crippen LogP contribution in [0.5, 0.6) is 0 Å². The van der Waals surface area contributed by atoms with Crippen LogP contribution in [-0.2, 0) is 29.6 Å². The van der Waals surface area contributed by atoms with Crippen LogP contribution in [0.1, 0.15) is 118 Å². The third-order valence-corrected chi connectivity index (χ3v) is 12.0. The van der Waals surface area contributed by atoms with Gasteiger partial charge >= 0.3 is 11.9 Å². The van der Waals surface area contributed by atoms with Gasteiger partial charge in [-0.3, -0.25) is 9.59 Å². The molecule has 4 atom stereocenters. The van der Waals surface area contributed by atoms with Crippen LogP contribution in [0, 0.1) is 0 Å². The van der Waals surface area contributed by atoms with Crippen LogP contribution < -0.4 is 8.61 Å². The van der Waals surface area contributed by atoms with Crippen molar-refractivity contribution in [1.82, 2.24) is 19.9 Å². The standard InChI is InChI=1S/C41H57FN6O12S2/c1-23(2)36-32(17-15-28(49)19-30(51)21-34(53)54)38(45-40(43-36)47(5)61(7,57)58)25-9-10-26(12-14-27(42)13-11-25)39-33(18-16-29(50)20-31(52)22-35(55)56)37(24(3)4)44-41(46-39)48(6)62(8,59)60/h9,12,14-18,23-24,28-31,49-52H,10-11,13,19-22H2,1-8H3,(H,53,54)(H,55,56)/t28-,29-,30-,31-/m1/s1. The second-order valence-electron chi connectivity index (χ2n) is 15.7. The van der Waals surface area contributed by atoms with Crippen LogP contribution in [0.2, 0.25) is 0 Å². The van der Waals surface area contributed by atoms with Crippen molar-refractivity contribution in [3.05, 3.63) is 70.1 Å². The molecule has 0 amide bonds. The Kier molecular flexibility index (Phi) is 18.2. The van der Waals surface area contributed by atoms with E-state index in [0.717, 1.165) is 21.1 Å². The molecule has 0 saturated carbocycles. The number of rotatable bonds is 20. The van der Waals surface area contributed by atoms with Crippen molar-refractivity contribution in [2.24, 2.45) is 0 Å². The summed E-state index contributed by atoms with van der Waals surface area (Å²) in [7, 11) is -5.25. The fraction of sp³-hybridized carbons (Fsp3) is 0.512. The van der Waals surface area contributed by atoms with Crippen LogP contribution >= 0.6 is 0 Å². The third-order valence-electron chi connectivity index (χ3n) is 9.67. The molecule has 6 N–H and O–H groups in total. The van der Waals surface area contributed by atoms with Crippen LogP contribution in [0.25, 0.3) is 23.3 Å². The lowest BCUT2D eigenvalue weighted by atomic mass is 9.93. The molecule has 0 saturated heterocycles. The Hall–Kier alpha value is -4.93. The van der Waals surface area contributed by atoms with Crippen molar-refractivity contribution in [3.8, 4) is 0 Å². The van der Waals surface area contributed by atoms with Gasteiger partial charge in [-0.2, -0.15) is 0 Å². The summed E-state index contributed by atoms with van der Waals surface area (Å²) in [5.74, 6) is -4.23. The molecule has 18 nitrogen and oxygen atoms in total. The first-order valence-electron chi connectivity index (χ1n) is 19.7. The van der Waals surface area contributed by atoms with Crippen molar-refractivity contribution in [2.75, 3.05) is 35.2 Å². The summed E-state index contributed by atoms with van der Waals surface area (Å²) < 4.78 is 68.5. The molecule has 62 heavy (non-hydrogen) atoms. The molecule has 2 heterocycles. The highest BCUT2D eigenvalue weighted by molar-refractivity contribution is 7.92. The molecule has 0 aliphatic heterocycles. The molecular weight excluding hydrogens is 852 g/mol. The van der Waals surface area contributed by atoms with Gasteiger partial charge in [0, 0.05) is 44.5 Å². The quantitative estimate of drug-likeness (QED) is 0.109. The van der Waals surface area contributed by atoms with Gasteiger partial charge in [-0.15, -0.1) is 0 Å². The summed E-state index contributed by atoms with van der Waals surface area (Å²) in [6, 6.07) is 0. The van der Waals surface area contributed by atoms with Gasteiger partial charge in [0.1, 0.15) is 5.83 Å². The Morgan fingerprint density at radius 3 is 1.47 bits per heavy atom. The number of aromatic nitrogens is 4. The monoisotopic (exact) mass is 908 g/mol. The smallest absolute Gasteiger partial charge is 0.305 e. The van der Waals surface area contributed by atoms with E-state index in [2.05, 4.69) is 19.9 Å². The molecule has 0 fully saturated rings. The lowest BCUT2D eigenvalue weighted by molar-refractivity contribution is -0.140. The Morgan fingerprint density at radius 1 is 0.694 bits per heavy atom. The molecular formula is C41H57FN6O12S2. The minimum absolute atomic E-state index is 0.0121. The Labute approximate surface area is 361 Å². The first kappa shape index (κ1) is 51.4. The summed E-state index contributed by atoms with van der Waals surface area (Å²) >= 11 is 0. The van der Waals surface area contributed by atoms with E-state index in [0.29, 0.717) is 33.7 Å². The van der Waals surface area contributed by atoms with E-state index in [4.69, 9.17) is 10.2 Å². The summed E-state index contributed by atoms with van der Waals surface area (Å²) in [6.07, 6.45) is 4.60. The molecule has 21 heteroatoms. The van der Waals surface area contributed by atoms with E-state index in [-0.39, 0.29) is 67.2 Å². The van der Waals surface area contributed by atoms with Crippen LogP contribution in [-0.4, -0.2) is 130 Å². The van der Waals surface area contributed by atoms with E-state index in [1.54, 1.807) is 33.8 Å². The number of aliphatic hydroxyl groups excluding tert-OH is 4. The molecule has 0 aromatic carbocycles. The molecule has 2 aromatic rings. The number of carboxylic acid groups (broad SMARTS) is 2. The SMILES string of the molecule is CC(C)c1nc(N(C)S(C)(=O)=O)nc(C2=CC=C(F)CCC(c3nc(N(C)S(C)(=O)=O)nc(C(C)C)c3C=C[C@@H](O)C[C@@H](O)CC(=O)O)=CC2)c1C=C[C@@H](O)C[C@@H](O)CC(=O)O. The first-order chi connectivity index (χ1) is 28.7. The van der Waals surface area contributed by atoms with Crippen molar-refractivity contribution in [3.63, 3.8) is 0 Å². The fourth-order valence-electron chi connectivity index (χ4n) is 6.25. The number of anilines is 2. The average molecular weight is 909 g/mol. The largest absolute Gasteiger partial charge is 0.481 e. The van der Waals surface area contributed by atoms with Crippen molar-refractivity contribution < 1.29 is 61.5 Å². The number of nitrogens with zero attached hydrogens (tertiary/aromatic N) is 6. The molecule has 2 aromatic heterocycles. The third kappa shape index (κ3) is 14.9. The summed E-state index contributed by atoms with van der Waals surface area (Å²) in [5.41, 5.74) is 2.44. The number of hydrogen-bond donors (Lipinski definition) is 6. The van der Waals surface area contributed by atoms with Gasteiger partial charge in [-0.05, 0) is 41.9 Å². The maximum absolute atomic E-state index is 15.8. The molecule has 0 spiro atoms. The number of aliphatic hydroxyl groups is 4. The van der Waals surface area contributed by atoms with Crippen molar-refractivity contribution in [1.29, 1.82) is 0 Å². The van der Waals surface area contributed by atoms with E-state index in [9.17, 15) is 46.9 Å². The van der Waals surface area contributed by atoms with Gasteiger partial charge in [0.05, 0.1) is 72.5 Å². The number of carboxylic acids is 2. The Bertz CT molecular complexity index is 2350. The summed E-state index contributed by atoms with van der Waals surface area (Å²) in [6.45, 7) is 7.18. The lowest BCUT2D eigenvalue weighted by Gasteiger charge is -2.22. The highest BCUT2D eigenvalue weighted by atomic mass is 32.2. The molecule has 342 valence electrons. The number of carbonyl (C=O) groups is 2. The van der Waals surface area contributed by atoms with Gasteiger partial charge in [0.15, 0.2) is 0 Å². The first-order valence-corrected chi connectivity index (χ1v) is 23.4. The van der Waals surface area contributed by atoms with Gasteiger partial charge in [0.2, 0.25) is 31.9 Å². The van der Waals surface area contributed by atoms with E-state index in [1.165, 1.54) is 50.6 Å². The molecule has 1 aliphatic rings. The Balaban J connectivity index is 2.39. The summed E-state index contributed by atoms with van der Waals surface area (Å²) in [5, 5.41) is 60.0. The van der Waals surface area contributed by atoms with Gasteiger partial charge < -0.3 is 30.6 Å². The highest BCUT2D eigenvalue weighted by Gasteiger charge is 2.27. The minimum atomic E-state index is -3.90. The number of hydrogen-bond acceptors (Lipinski definition) is 14. The molecule has 0 radical (unpaired) electrons. The van der Waals surface area contributed by atoms with Crippen LogP contribution in [0.3, 0.4) is 0 Å². The second kappa shape index (κ2) is 21.9. The molecule has 3 rings (SSSR count). The maximum atomic E-state index is 15.8. The summed E-state index contributed by atoms with van der Waals surface area (Å²) in [4.78, 5) is 40.7. The van der Waals surface area contributed by atoms with Crippen LogP contribution in [0.4, 0.5) is 16.3 Å². The zero-order valence-electron chi connectivity index (χ0n) is 36.0. The van der Waals surface area contributed by atoms with Crippen LogP contribution in [0.15, 0.2) is 36.2 Å². The average Bonchev–Trinajstić information content (AvgIpc) is 3.23. The highest BCUT2D eigenvalue weighted by Crippen LogP contribution is 2.36. The number of sulfonamides is 2. The second-order valence-corrected chi connectivity index (χ2v) is 19.7. The van der Waals surface area contributed by atoms with E-state index in [1.807, 2.05) is 0 Å². The van der Waals surface area contributed by atoms with Crippen molar-refractivity contribution >= 4 is 67.2 Å². The molecule has 0 bridgehead atoms. The Morgan fingerprint density at radius 2 is 1.10 bits per heavy atom. The topological polar surface area (TPSA) is 282 Å². The van der Waals surface area contributed by atoms with Gasteiger partial charge in [-0.1, -0.05) is 64.2 Å². The zero-order valence-corrected chi connectivity index (χ0v) is 37.6. The predicted molar refractivity (Wildman–Crippen MR) is 234 cm³/mol. The van der Waals surface area contributed by atoms with E-state index < -0.39 is 75.1 Å². The molecule has 1 aliphatic carbocycles. The van der Waals surface area contributed by atoms with Gasteiger partial charge in [-0.25, -0.2) is 49.8 Å². The van der Waals surface area contributed by atoms with E-state index >= 15 is 4.39 Å². The molecule has 0 unspecified atom stereocenters. The predicted octanol–water partition coefficient (Wildman–Crippen LogP) is 4.01. The number of allylic oxidation sites excluding steroid dienone is 6. The van der Waals surface area contributed by atoms with Crippen molar-refractivity contribution in [2.45, 2.75) is 109 Å². The van der Waals surface area contributed by atoms with Gasteiger partial charge in [0.25, 0.3) is 0 Å². The normalized spacial score (nSPS) is 16.3. The maximum Gasteiger partial charge on any atom is 0.305 e. The lowest BCUT2D eigenvalue weighted by Crippen LogP contribution is -2.28. The fourth-order valence-corrected chi connectivity index (χ4v) is 7.00. The number of aliphatic carboxylic acids is 2. The minimum Gasteiger partial charge on any atom is -0.481 e. The zero-order chi connectivity index (χ0) is 46.9. The number of halogens is 1.